The molecule has 1 N–H and O–H groups in total. The molecule has 0 radical (unpaired) electrons. The number of benzene rings is 2. The van der Waals surface area contributed by atoms with Crippen LogP contribution in [0, 0.1) is 13.8 Å². The summed E-state index contributed by atoms with van der Waals surface area (Å²) >= 11 is 12.8. The zero-order valence-corrected chi connectivity index (χ0v) is 20.1. The molecule has 1 atom stereocenters. The molecule has 33 heavy (non-hydrogen) atoms. The zero-order chi connectivity index (χ0) is 24.1. The average Bonchev–Trinajstić information content (AvgIpc) is 3.24. The number of hydrogen-bond donors (Lipinski definition) is 1. The van der Waals surface area contributed by atoms with Crippen LogP contribution in [0.3, 0.4) is 0 Å². The van der Waals surface area contributed by atoms with Gasteiger partial charge in [0.2, 0.25) is 10.0 Å². The Balaban J connectivity index is 1.88. The molecule has 3 aromatic rings. The van der Waals surface area contributed by atoms with Crippen LogP contribution in [0.4, 0.5) is 0 Å². The van der Waals surface area contributed by atoms with E-state index in [0.29, 0.717) is 11.9 Å². The van der Waals surface area contributed by atoms with Crippen LogP contribution in [0.15, 0.2) is 41.3 Å². The van der Waals surface area contributed by atoms with Gasteiger partial charge in [-0.25, -0.2) is 8.42 Å². The molecule has 7 nitrogen and oxygen atoms in total. The molecule has 4 rings (SSSR count). The van der Waals surface area contributed by atoms with Gasteiger partial charge in [-0.05, 0) is 56.5 Å². The number of carbonyl (C=O) groups is 2. The number of ketones is 1. The lowest BCUT2D eigenvalue weighted by Gasteiger charge is -2.22. The fourth-order valence-corrected chi connectivity index (χ4v) is 6.80. The van der Waals surface area contributed by atoms with Crippen LogP contribution in [0.2, 0.25) is 10.0 Å². The highest BCUT2D eigenvalue weighted by Gasteiger charge is 2.41. The minimum Gasteiger partial charge on any atom is -0.480 e. The average molecular weight is 507 g/mol. The minimum atomic E-state index is -4.28. The Morgan fingerprint density at radius 1 is 1.15 bits per heavy atom. The largest absolute Gasteiger partial charge is 0.480 e. The Morgan fingerprint density at radius 3 is 2.58 bits per heavy atom. The molecule has 2 heterocycles. The van der Waals surface area contributed by atoms with E-state index in [4.69, 9.17) is 23.2 Å². The number of halogens is 2. The highest BCUT2D eigenvalue weighted by atomic mass is 35.5. The Morgan fingerprint density at radius 2 is 1.88 bits per heavy atom. The lowest BCUT2D eigenvalue weighted by atomic mass is 9.98. The summed E-state index contributed by atoms with van der Waals surface area (Å²) in [4.78, 5) is 29.3. The summed E-state index contributed by atoms with van der Waals surface area (Å²) in [5.41, 5.74) is 2.20. The van der Waals surface area contributed by atoms with Crippen molar-refractivity contribution in [2.45, 2.75) is 37.6 Å². The van der Waals surface area contributed by atoms with Crippen LogP contribution in [0.25, 0.3) is 10.9 Å². The molecule has 2 aromatic carbocycles. The summed E-state index contributed by atoms with van der Waals surface area (Å²) in [6.45, 7) is 3.77. The van der Waals surface area contributed by atoms with Gasteiger partial charge in [-0.1, -0.05) is 35.3 Å². The highest BCUT2D eigenvalue weighted by molar-refractivity contribution is 7.89. The molecule has 1 saturated heterocycles. The lowest BCUT2D eigenvalue weighted by Crippen LogP contribution is -2.40. The molecule has 1 unspecified atom stereocenters. The van der Waals surface area contributed by atoms with E-state index >= 15 is 0 Å². The summed E-state index contributed by atoms with van der Waals surface area (Å²) in [7, 11) is -4.28. The topological polar surface area (TPSA) is 105 Å². The number of rotatable bonds is 5. The molecular formula is C23H20Cl2N2O5S. The second-order valence-electron chi connectivity index (χ2n) is 7.96. The summed E-state index contributed by atoms with van der Waals surface area (Å²) in [5, 5.41) is 9.85. The van der Waals surface area contributed by atoms with Crippen molar-refractivity contribution in [3.8, 4) is 0 Å². The summed E-state index contributed by atoms with van der Waals surface area (Å²) < 4.78 is 27.5. The van der Waals surface area contributed by atoms with Gasteiger partial charge in [0.1, 0.15) is 10.9 Å². The predicted octanol–water partition coefficient (Wildman–Crippen LogP) is 4.63. The summed E-state index contributed by atoms with van der Waals surface area (Å²) in [6, 6.07) is 8.34. The maximum Gasteiger partial charge on any atom is 0.322 e. The van der Waals surface area contributed by atoms with Crippen molar-refractivity contribution in [2.75, 3.05) is 6.54 Å². The molecule has 1 aliphatic rings. The van der Waals surface area contributed by atoms with Crippen molar-refractivity contribution in [1.29, 1.82) is 0 Å². The highest BCUT2D eigenvalue weighted by Crippen LogP contribution is 2.37. The predicted molar refractivity (Wildman–Crippen MR) is 126 cm³/mol. The van der Waals surface area contributed by atoms with Crippen molar-refractivity contribution in [3.63, 3.8) is 0 Å². The van der Waals surface area contributed by atoms with E-state index in [1.165, 1.54) is 12.1 Å². The summed E-state index contributed by atoms with van der Waals surface area (Å²) in [6.07, 6.45) is 0.611. The number of carbonyl (C=O) groups excluding carboxylic acids is 1. The quantitative estimate of drug-likeness (QED) is 0.505. The van der Waals surface area contributed by atoms with Crippen molar-refractivity contribution in [2.24, 2.45) is 0 Å². The van der Waals surface area contributed by atoms with Gasteiger partial charge in [-0.2, -0.15) is 4.31 Å². The Bertz CT molecular complexity index is 1420. The smallest absolute Gasteiger partial charge is 0.322 e. The molecule has 1 fully saturated rings. The molecule has 1 aromatic heterocycles. The molecule has 0 saturated carbocycles. The lowest BCUT2D eigenvalue weighted by molar-refractivity contribution is -0.140. The fourth-order valence-electron chi connectivity index (χ4n) is 4.24. The van der Waals surface area contributed by atoms with Gasteiger partial charge < -0.3 is 5.11 Å². The first-order valence-electron chi connectivity index (χ1n) is 10.2. The van der Waals surface area contributed by atoms with Gasteiger partial charge in [-0.3, -0.25) is 14.6 Å². The third-order valence-electron chi connectivity index (χ3n) is 5.78. The zero-order valence-electron chi connectivity index (χ0n) is 17.8. The number of para-hydroxylation sites is 1. The van der Waals surface area contributed by atoms with Crippen LogP contribution in [-0.4, -0.2) is 47.2 Å². The molecule has 172 valence electrons. The normalized spacial score (nSPS) is 16.9. The van der Waals surface area contributed by atoms with Gasteiger partial charge in [-0.15, -0.1) is 0 Å². The maximum atomic E-state index is 13.6. The van der Waals surface area contributed by atoms with E-state index in [-0.39, 0.29) is 39.0 Å². The molecule has 0 amide bonds. The Hall–Kier alpha value is -2.52. The number of aryl methyl sites for hydroxylation is 2. The number of sulfonamides is 1. The molecule has 0 bridgehead atoms. The molecule has 1 aliphatic heterocycles. The minimum absolute atomic E-state index is 0.0125. The van der Waals surface area contributed by atoms with Crippen LogP contribution < -0.4 is 0 Å². The van der Waals surface area contributed by atoms with Gasteiger partial charge >= 0.3 is 5.97 Å². The Kier molecular flexibility index (Phi) is 6.22. The van der Waals surface area contributed by atoms with Crippen molar-refractivity contribution >= 4 is 55.9 Å². The van der Waals surface area contributed by atoms with Crippen LogP contribution in [-0.2, 0) is 14.8 Å². The van der Waals surface area contributed by atoms with Crippen molar-refractivity contribution < 1.29 is 23.1 Å². The maximum absolute atomic E-state index is 13.6. The summed E-state index contributed by atoms with van der Waals surface area (Å²) in [5.74, 6) is -1.80. The first-order valence-corrected chi connectivity index (χ1v) is 12.4. The first kappa shape index (κ1) is 23.6. The number of hydrogen-bond acceptors (Lipinski definition) is 5. The molecule has 0 spiro atoms. The first-order chi connectivity index (χ1) is 15.5. The van der Waals surface area contributed by atoms with Gasteiger partial charge in [0.05, 0.1) is 21.1 Å². The molecular weight excluding hydrogens is 487 g/mol. The van der Waals surface area contributed by atoms with E-state index in [2.05, 4.69) is 4.98 Å². The second-order valence-corrected chi connectivity index (χ2v) is 10.6. The third kappa shape index (κ3) is 4.01. The van der Waals surface area contributed by atoms with Crippen LogP contribution in [0.5, 0.6) is 0 Å². The van der Waals surface area contributed by atoms with E-state index < -0.39 is 27.8 Å². The van der Waals surface area contributed by atoms with Gasteiger partial charge in [0.25, 0.3) is 0 Å². The number of aromatic nitrogens is 1. The van der Waals surface area contributed by atoms with Gasteiger partial charge in [0.15, 0.2) is 5.78 Å². The number of fused-ring (bicyclic) bond motifs is 1. The monoisotopic (exact) mass is 506 g/mol. The van der Waals surface area contributed by atoms with Crippen molar-refractivity contribution in [1.82, 2.24) is 9.29 Å². The Labute approximate surface area is 201 Å². The van der Waals surface area contributed by atoms with E-state index in [1.54, 1.807) is 12.1 Å². The van der Waals surface area contributed by atoms with E-state index in [9.17, 15) is 23.1 Å². The third-order valence-corrected chi connectivity index (χ3v) is 8.55. The van der Waals surface area contributed by atoms with Crippen LogP contribution >= 0.6 is 23.2 Å². The molecule has 0 aliphatic carbocycles. The number of carboxylic acid groups (broad SMARTS) is 1. The number of nitrogens with zero attached hydrogens (tertiary/aromatic N) is 2. The SMILES string of the molecule is Cc1cc(C)c2cccc(C(=O)c3c(Cl)ccc(S(=O)(=O)N4CCCC4C(=O)O)c3Cl)c2n1. The standard InChI is InChI=1S/C23H20Cl2N2O5S/c1-12-11-13(2)26-21-14(12)5-3-6-15(21)22(28)19-16(24)8-9-18(20(19)25)33(31,32)27-10-4-7-17(27)23(29)30/h3,5-6,8-9,11,17H,4,7,10H2,1-2H3,(H,29,30). The number of carboxylic acids is 1. The number of aliphatic carboxylic acids is 1. The van der Waals surface area contributed by atoms with Crippen molar-refractivity contribution in [3.05, 3.63) is 68.8 Å². The molecule has 10 heteroatoms. The van der Waals surface area contributed by atoms with E-state index in [1.807, 2.05) is 26.0 Å². The van der Waals surface area contributed by atoms with E-state index in [0.717, 1.165) is 20.9 Å². The second kappa shape index (κ2) is 8.68. The van der Waals surface area contributed by atoms with Crippen LogP contribution in [0.1, 0.15) is 40.0 Å². The van der Waals surface area contributed by atoms with Gasteiger partial charge in [0, 0.05) is 23.2 Å². The fraction of sp³-hybridized carbons (Fsp3) is 0.261. The number of pyridine rings is 1.